The second-order valence-corrected chi connectivity index (χ2v) is 9.88. The number of aromatic hydroxyl groups is 1. The van der Waals surface area contributed by atoms with Crippen LogP contribution >= 0.6 is 11.3 Å². The molecule has 5 rings (SSSR count). The summed E-state index contributed by atoms with van der Waals surface area (Å²) in [4.78, 5) is 19.4. The molecule has 0 radical (unpaired) electrons. The lowest BCUT2D eigenvalue weighted by molar-refractivity contribution is -0.118. The zero-order valence-corrected chi connectivity index (χ0v) is 20.4. The molecule has 0 saturated heterocycles. The maximum atomic E-state index is 13.1. The number of hydrogen-bond donors (Lipinski definition) is 1. The first-order valence-electron chi connectivity index (χ1n) is 11.3. The molecular weight excluding hydrogens is 458 g/mol. The van der Waals surface area contributed by atoms with Crippen LogP contribution in [0.3, 0.4) is 0 Å². The molecule has 0 saturated carbocycles. The molecule has 0 spiro atoms. The molecule has 1 atom stereocenters. The molecule has 0 amide bonds. The van der Waals surface area contributed by atoms with Gasteiger partial charge in [0.25, 0.3) is 0 Å². The van der Waals surface area contributed by atoms with Crippen LogP contribution in [0.1, 0.15) is 56.8 Å². The average molecular weight is 482 g/mol. The van der Waals surface area contributed by atoms with Crippen LogP contribution in [0.4, 0.5) is 0 Å². The summed E-state index contributed by atoms with van der Waals surface area (Å²) in [6.45, 7) is 6.08. The monoisotopic (exact) mass is 481 g/mol. The fourth-order valence-electron chi connectivity index (χ4n) is 4.36. The van der Waals surface area contributed by atoms with E-state index in [-0.39, 0.29) is 24.4 Å². The van der Waals surface area contributed by atoms with Crippen LogP contribution in [-0.4, -0.2) is 31.4 Å². The Labute approximate surface area is 207 Å². The number of hydrogen-bond acceptors (Lipinski definition) is 7. The number of aromatic nitrogens is 3. The summed E-state index contributed by atoms with van der Waals surface area (Å²) >= 11 is 1.66. The van der Waals surface area contributed by atoms with E-state index in [1.165, 1.54) is 4.88 Å². The molecule has 35 heavy (non-hydrogen) atoms. The number of carbonyl (C=O) groups is 1. The first kappa shape index (κ1) is 22.7. The molecule has 3 heterocycles. The minimum Gasteiger partial charge on any atom is -0.508 e. The minimum atomic E-state index is -0.509. The Balaban J connectivity index is 1.61. The maximum Gasteiger partial charge on any atom is 0.163 e. The molecule has 7 nitrogen and oxygen atoms in total. The van der Waals surface area contributed by atoms with Gasteiger partial charge >= 0.3 is 0 Å². The lowest BCUT2D eigenvalue weighted by Gasteiger charge is -2.12. The number of rotatable bonds is 5. The van der Waals surface area contributed by atoms with Gasteiger partial charge in [-0.3, -0.25) is 14.4 Å². The smallest absolute Gasteiger partial charge is 0.163 e. The van der Waals surface area contributed by atoms with Crippen molar-refractivity contribution < 1.29 is 9.90 Å². The van der Waals surface area contributed by atoms with Gasteiger partial charge in [0.05, 0.1) is 17.3 Å². The number of thiophene rings is 1. The third kappa shape index (κ3) is 4.15. The van der Waals surface area contributed by atoms with Crippen molar-refractivity contribution in [3.63, 3.8) is 0 Å². The summed E-state index contributed by atoms with van der Waals surface area (Å²) in [5.74, 6) is 1.58. The number of benzene rings is 2. The highest BCUT2D eigenvalue weighted by Gasteiger charge is 2.32. The zero-order chi connectivity index (χ0) is 24.7. The van der Waals surface area contributed by atoms with E-state index in [0.29, 0.717) is 11.4 Å². The van der Waals surface area contributed by atoms with Crippen LogP contribution in [-0.2, 0) is 11.2 Å². The molecule has 1 aliphatic rings. The quantitative estimate of drug-likeness (QED) is 0.435. The Hall–Kier alpha value is -4.09. The fraction of sp³-hybridized carbons (Fsp3) is 0.222. The van der Waals surface area contributed by atoms with Crippen molar-refractivity contribution in [2.24, 2.45) is 4.99 Å². The number of nitrogens with zero attached hydrogens (tertiary/aromatic N) is 5. The molecule has 0 bridgehead atoms. The van der Waals surface area contributed by atoms with Gasteiger partial charge in [0.2, 0.25) is 0 Å². The molecule has 0 fully saturated rings. The number of carbonyl (C=O) groups excluding carboxylic acids is 1. The number of aryl methyl sites for hydroxylation is 2. The third-order valence-electron chi connectivity index (χ3n) is 6.29. The maximum absolute atomic E-state index is 13.1. The van der Waals surface area contributed by atoms with E-state index < -0.39 is 6.04 Å². The van der Waals surface area contributed by atoms with E-state index in [9.17, 15) is 15.2 Å². The van der Waals surface area contributed by atoms with Gasteiger partial charge in [-0.2, -0.15) is 5.26 Å². The molecule has 1 aliphatic heterocycles. The first-order valence-corrected chi connectivity index (χ1v) is 12.1. The Bertz CT molecular complexity index is 1500. The molecule has 1 N–H and O–H groups in total. The van der Waals surface area contributed by atoms with Crippen LogP contribution in [0.2, 0.25) is 0 Å². The first-order chi connectivity index (χ1) is 16.9. The average Bonchev–Trinajstić information content (AvgIpc) is 3.33. The van der Waals surface area contributed by atoms with Crippen LogP contribution in [0.5, 0.6) is 5.75 Å². The second-order valence-electron chi connectivity index (χ2n) is 8.67. The lowest BCUT2D eigenvalue weighted by Crippen LogP contribution is -2.13. The summed E-state index contributed by atoms with van der Waals surface area (Å²) in [6.07, 6.45) is 0.414. The Morgan fingerprint density at radius 2 is 1.80 bits per heavy atom. The third-order valence-corrected chi connectivity index (χ3v) is 7.48. The largest absolute Gasteiger partial charge is 0.508 e. The number of fused-ring (bicyclic) bond motifs is 3. The van der Waals surface area contributed by atoms with Crippen molar-refractivity contribution in [2.75, 3.05) is 0 Å². The predicted octanol–water partition coefficient (Wildman–Crippen LogP) is 4.93. The van der Waals surface area contributed by atoms with Gasteiger partial charge in [0.15, 0.2) is 5.82 Å². The standard InChI is InChI=1S/C27H23N5O2S/c1-15-16(2)35-27-24(15)25(20-8-4-19(14-28)5-9-20)29-23(26-31-30-17(3)32(26)27)13-22(34)12-18-6-10-21(33)11-7-18/h4-11,23,33H,12-13H2,1-3H3/t23-/m0/s1. The lowest BCUT2D eigenvalue weighted by atomic mass is 9.98. The van der Waals surface area contributed by atoms with Crippen molar-refractivity contribution >= 4 is 22.8 Å². The molecule has 174 valence electrons. The highest BCUT2D eigenvalue weighted by atomic mass is 32.1. The molecule has 2 aromatic heterocycles. The van der Waals surface area contributed by atoms with Crippen LogP contribution in [0.15, 0.2) is 53.5 Å². The topological polar surface area (TPSA) is 104 Å². The van der Waals surface area contributed by atoms with Gasteiger partial charge in [-0.15, -0.1) is 21.5 Å². The Morgan fingerprint density at radius 3 is 2.49 bits per heavy atom. The van der Waals surface area contributed by atoms with E-state index in [0.717, 1.165) is 38.8 Å². The second kappa shape index (κ2) is 8.93. The number of aliphatic imine (C=N–C) groups is 1. The van der Waals surface area contributed by atoms with Gasteiger partial charge in [0, 0.05) is 28.8 Å². The summed E-state index contributed by atoms with van der Waals surface area (Å²) in [5.41, 5.74) is 5.23. The van der Waals surface area contributed by atoms with Gasteiger partial charge < -0.3 is 5.11 Å². The van der Waals surface area contributed by atoms with Gasteiger partial charge in [-0.25, -0.2) is 0 Å². The molecule has 4 aromatic rings. The Morgan fingerprint density at radius 1 is 1.09 bits per heavy atom. The molecular formula is C27H23N5O2S. The van der Waals surface area contributed by atoms with Crippen LogP contribution in [0, 0.1) is 32.1 Å². The van der Waals surface area contributed by atoms with E-state index in [2.05, 4.69) is 30.1 Å². The SMILES string of the molecule is Cc1sc2c(c1C)C(c1ccc(C#N)cc1)=N[C@@H](CC(=O)Cc1ccc(O)cc1)c1nnc(C)n1-2. The van der Waals surface area contributed by atoms with Crippen molar-refractivity contribution in [3.05, 3.63) is 92.9 Å². The van der Waals surface area contributed by atoms with E-state index in [1.807, 2.05) is 23.6 Å². The zero-order valence-electron chi connectivity index (χ0n) is 19.6. The van der Waals surface area contributed by atoms with E-state index in [4.69, 9.17) is 4.99 Å². The molecule has 8 heteroatoms. The van der Waals surface area contributed by atoms with Crippen molar-refractivity contribution in [3.8, 4) is 16.8 Å². The van der Waals surface area contributed by atoms with E-state index in [1.54, 1.807) is 47.7 Å². The van der Waals surface area contributed by atoms with Crippen LogP contribution in [0.25, 0.3) is 5.00 Å². The van der Waals surface area contributed by atoms with Crippen molar-refractivity contribution in [1.29, 1.82) is 5.26 Å². The molecule has 2 aromatic carbocycles. The van der Waals surface area contributed by atoms with Crippen LogP contribution < -0.4 is 0 Å². The van der Waals surface area contributed by atoms with Gasteiger partial charge in [0.1, 0.15) is 28.4 Å². The molecule has 0 unspecified atom stereocenters. The number of Topliss-reactive ketones (excluding diaryl/α,β-unsaturated/α-hetero) is 1. The van der Waals surface area contributed by atoms with Crippen molar-refractivity contribution in [2.45, 2.75) is 39.7 Å². The highest BCUT2D eigenvalue weighted by Crippen LogP contribution is 2.39. The van der Waals surface area contributed by atoms with Gasteiger partial charge in [-0.1, -0.05) is 24.3 Å². The summed E-state index contributed by atoms with van der Waals surface area (Å²) in [7, 11) is 0. The van der Waals surface area contributed by atoms with Gasteiger partial charge in [-0.05, 0) is 56.2 Å². The predicted molar refractivity (Wildman–Crippen MR) is 134 cm³/mol. The number of nitriles is 1. The molecule has 0 aliphatic carbocycles. The van der Waals surface area contributed by atoms with Crippen molar-refractivity contribution in [1.82, 2.24) is 14.8 Å². The highest BCUT2D eigenvalue weighted by molar-refractivity contribution is 7.15. The fourth-order valence-corrected chi connectivity index (χ4v) is 5.57. The summed E-state index contributed by atoms with van der Waals surface area (Å²) in [5, 5.41) is 28.5. The normalized spacial score (nSPS) is 14.5. The number of ketones is 1. The number of phenols is 1. The Kier molecular flexibility index (Phi) is 5.79. The summed E-state index contributed by atoms with van der Waals surface area (Å²) in [6, 6.07) is 15.7. The minimum absolute atomic E-state index is 0.0222. The van der Waals surface area contributed by atoms with E-state index >= 15 is 0 Å². The number of phenolic OH excluding ortho intramolecular Hbond substituents is 1. The summed E-state index contributed by atoms with van der Waals surface area (Å²) < 4.78 is 2.03.